The quantitative estimate of drug-likeness (QED) is 0.800. The normalized spacial score (nSPS) is 10.7. The molecule has 0 saturated heterocycles. The van der Waals surface area contributed by atoms with Crippen LogP contribution in [0.2, 0.25) is 0 Å². The summed E-state index contributed by atoms with van der Waals surface area (Å²) in [6.07, 6.45) is 0. The average Bonchev–Trinajstić information content (AvgIpc) is 2.54. The lowest BCUT2D eigenvalue weighted by Crippen LogP contribution is -2.24. The van der Waals surface area contributed by atoms with Crippen molar-refractivity contribution < 1.29 is 18.0 Å². The first-order valence-electron chi connectivity index (χ1n) is 7.39. The second-order valence-electron chi connectivity index (χ2n) is 5.53. The van der Waals surface area contributed by atoms with E-state index in [9.17, 15) is 18.0 Å². The molecule has 2 aromatic carbocycles. The van der Waals surface area contributed by atoms with E-state index in [0.29, 0.717) is 22.4 Å². The Balaban J connectivity index is 2.02. The Morgan fingerprint density at radius 1 is 1.12 bits per heavy atom. The van der Waals surface area contributed by atoms with Crippen LogP contribution in [0, 0.1) is 11.3 Å². The Morgan fingerprint density at radius 3 is 2.40 bits per heavy atom. The fourth-order valence-electron chi connectivity index (χ4n) is 2.19. The molecule has 2 rings (SSSR count). The third-order valence-corrected chi connectivity index (χ3v) is 4.85. The molecule has 1 amide bonds. The fourth-order valence-corrected chi connectivity index (χ4v) is 3.47. The van der Waals surface area contributed by atoms with Crippen LogP contribution in [0.25, 0.3) is 0 Å². The Kier molecular flexibility index (Phi) is 5.67. The molecule has 0 saturated carbocycles. The zero-order valence-corrected chi connectivity index (χ0v) is 14.3. The minimum absolute atomic E-state index is 0.149. The van der Waals surface area contributed by atoms with Gasteiger partial charge in [-0.3, -0.25) is 9.59 Å². The van der Waals surface area contributed by atoms with Gasteiger partial charge in [0, 0.05) is 11.3 Å². The van der Waals surface area contributed by atoms with Crippen LogP contribution < -0.4 is 5.32 Å². The molecule has 25 heavy (non-hydrogen) atoms. The topological polar surface area (TPSA) is 104 Å². The van der Waals surface area contributed by atoms with Gasteiger partial charge in [0.25, 0.3) is 0 Å². The van der Waals surface area contributed by atoms with Crippen LogP contribution in [0.1, 0.15) is 28.4 Å². The van der Waals surface area contributed by atoms with Crippen molar-refractivity contribution in [3.63, 3.8) is 0 Å². The van der Waals surface area contributed by atoms with E-state index in [1.165, 1.54) is 25.1 Å². The van der Waals surface area contributed by atoms with Gasteiger partial charge in [-0.1, -0.05) is 24.3 Å². The number of nitrogens with one attached hydrogen (secondary N) is 1. The van der Waals surface area contributed by atoms with Gasteiger partial charge in [0.2, 0.25) is 5.91 Å². The summed E-state index contributed by atoms with van der Waals surface area (Å²) in [4.78, 5) is 23.3. The second kappa shape index (κ2) is 7.73. The number of hydrogen-bond donors (Lipinski definition) is 1. The largest absolute Gasteiger partial charge is 0.325 e. The molecule has 7 heteroatoms. The number of ketones is 1. The number of amides is 1. The molecule has 6 nitrogen and oxygen atoms in total. The standard InChI is InChI=1S/C18H16N2O4S/c1-13(21)16-3-2-4-17(9-16)20-18(22)12-25(23,24)11-15-7-5-14(10-19)6-8-15/h2-9H,11-12H2,1H3,(H,20,22). The highest BCUT2D eigenvalue weighted by Gasteiger charge is 2.18. The summed E-state index contributed by atoms with van der Waals surface area (Å²) in [5.74, 6) is -1.78. The molecule has 0 unspecified atom stereocenters. The number of carbonyl (C=O) groups is 2. The molecule has 0 aliphatic heterocycles. The van der Waals surface area contributed by atoms with Crippen molar-refractivity contribution in [2.75, 3.05) is 11.1 Å². The number of hydrogen-bond acceptors (Lipinski definition) is 5. The van der Waals surface area contributed by atoms with Crippen LogP contribution in [0.4, 0.5) is 5.69 Å². The van der Waals surface area contributed by atoms with Gasteiger partial charge >= 0.3 is 0 Å². The first kappa shape index (κ1) is 18.4. The van der Waals surface area contributed by atoms with Crippen molar-refractivity contribution in [1.82, 2.24) is 0 Å². The molecule has 0 aliphatic carbocycles. The summed E-state index contributed by atoms with van der Waals surface area (Å²) in [5, 5.41) is 11.2. The number of rotatable bonds is 6. The van der Waals surface area contributed by atoms with E-state index in [2.05, 4.69) is 5.32 Å². The van der Waals surface area contributed by atoms with E-state index < -0.39 is 21.5 Å². The molecule has 128 valence electrons. The van der Waals surface area contributed by atoms with Gasteiger partial charge < -0.3 is 5.32 Å². The second-order valence-corrected chi connectivity index (χ2v) is 7.59. The van der Waals surface area contributed by atoms with Crippen molar-refractivity contribution >= 4 is 27.2 Å². The molecule has 0 radical (unpaired) electrons. The SMILES string of the molecule is CC(=O)c1cccc(NC(=O)CS(=O)(=O)Cc2ccc(C#N)cc2)c1. The number of anilines is 1. The molecular weight excluding hydrogens is 340 g/mol. The molecule has 0 fully saturated rings. The Bertz CT molecular complexity index is 942. The number of nitrogens with zero attached hydrogens (tertiary/aromatic N) is 1. The van der Waals surface area contributed by atoms with Gasteiger partial charge in [-0.05, 0) is 36.8 Å². The average molecular weight is 356 g/mol. The summed E-state index contributed by atoms with van der Waals surface area (Å²) in [5.41, 5.74) is 1.74. The highest BCUT2D eigenvalue weighted by Crippen LogP contribution is 2.13. The number of nitriles is 1. The Morgan fingerprint density at radius 2 is 1.80 bits per heavy atom. The van der Waals surface area contributed by atoms with Crippen LogP contribution in [0.5, 0.6) is 0 Å². The van der Waals surface area contributed by atoms with E-state index in [-0.39, 0.29) is 11.5 Å². The monoisotopic (exact) mass is 356 g/mol. The maximum atomic E-state index is 12.2. The minimum atomic E-state index is -3.66. The number of carbonyl (C=O) groups excluding carboxylic acids is 2. The Hall–Kier alpha value is -2.98. The smallest absolute Gasteiger partial charge is 0.239 e. The lowest BCUT2D eigenvalue weighted by molar-refractivity contribution is -0.113. The van der Waals surface area contributed by atoms with Gasteiger partial charge in [-0.2, -0.15) is 5.26 Å². The molecule has 0 bridgehead atoms. The molecule has 0 spiro atoms. The van der Waals surface area contributed by atoms with Gasteiger partial charge in [-0.25, -0.2) is 8.42 Å². The predicted molar refractivity (Wildman–Crippen MR) is 93.7 cm³/mol. The Labute approximate surface area is 146 Å². The van der Waals surface area contributed by atoms with Crippen molar-refractivity contribution in [2.24, 2.45) is 0 Å². The fraction of sp³-hybridized carbons (Fsp3) is 0.167. The summed E-state index contributed by atoms with van der Waals surface area (Å²) in [6.45, 7) is 1.41. The minimum Gasteiger partial charge on any atom is -0.325 e. The molecule has 2 aromatic rings. The van der Waals surface area contributed by atoms with Crippen molar-refractivity contribution in [2.45, 2.75) is 12.7 Å². The van der Waals surface area contributed by atoms with E-state index in [0.717, 1.165) is 0 Å². The number of benzene rings is 2. The molecule has 0 atom stereocenters. The van der Waals surface area contributed by atoms with E-state index in [1.807, 2.05) is 6.07 Å². The van der Waals surface area contributed by atoms with Crippen LogP contribution in [-0.2, 0) is 20.4 Å². The van der Waals surface area contributed by atoms with Crippen LogP contribution >= 0.6 is 0 Å². The zero-order valence-electron chi connectivity index (χ0n) is 13.5. The first-order chi connectivity index (χ1) is 11.8. The third-order valence-electron chi connectivity index (χ3n) is 3.37. The molecule has 0 heterocycles. The lowest BCUT2D eigenvalue weighted by atomic mass is 10.1. The number of Topliss-reactive ketones (excluding diaryl/α,β-unsaturated/α-hetero) is 1. The van der Waals surface area contributed by atoms with Crippen LogP contribution in [0.3, 0.4) is 0 Å². The van der Waals surface area contributed by atoms with Crippen molar-refractivity contribution in [1.29, 1.82) is 5.26 Å². The summed E-state index contributed by atoms with van der Waals surface area (Å²) < 4.78 is 24.3. The molecule has 0 aromatic heterocycles. The van der Waals surface area contributed by atoms with E-state index >= 15 is 0 Å². The maximum absolute atomic E-state index is 12.2. The third kappa shape index (κ3) is 5.55. The first-order valence-corrected chi connectivity index (χ1v) is 9.21. The van der Waals surface area contributed by atoms with Crippen molar-refractivity contribution in [3.05, 3.63) is 65.2 Å². The van der Waals surface area contributed by atoms with Crippen LogP contribution in [0.15, 0.2) is 48.5 Å². The van der Waals surface area contributed by atoms with E-state index in [4.69, 9.17) is 5.26 Å². The number of sulfone groups is 1. The summed E-state index contributed by atoms with van der Waals surface area (Å²) in [7, 11) is -3.66. The zero-order chi connectivity index (χ0) is 18.4. The van der Waals surface area contributed by atoms with Gasteiger partial charge in [0.05, 0.1) is 17.4 Å². The van der Waals surface area contributed by atoms with Gasteiger partial charge in [0.15, 0.2) is 15.6 Å². The molecule has 0 aliphatic rings. The molecule has 1 N–H and O–H groups in total. The van der Waals surface area contributed by atoms with E-state index in [1.54, 1.807) is 30.3 Å². The van der Waals surface area contributed by atoms with Crippen LogP contribution in [-0.4, -0.2) is 25.9 Å². The maximum Gasteiger partial charge on any atom is 0.239 e. The van der Waals surface area contributed by atoms with Crippen molar-refractivity contribution in [3.8, 4) is 6.07 Å². The van der Waals surface area contributed by atoms with Gasteiger partial charge in [0.1, 0.15) is 5.75 Å². The summed E-state index contributed by atoms with van der Waals surface area (Å²) >= 11 is 0. The lowest BCUT2D eigenvalue weighted by Gasteiger charge is -2.07. The summed E-state index contributed by atoms with van der Waals surface area (Å²) in [6, 6.07) is 14.4. The predicted octanol–water partition coefficient (Wildman–Crippen LogP) is 2.31. The van der Waals surface area contributed by atoms with Gasteiger partial charge in [-0.15, -0.1) is 0 Å². The molecular formula is C18H16N2O4S. The highest BCUT2D eigenvalue weighted by atomic mass is 32.2. The highest BCUT2D eigenvalue weighted by molar-refractivity contribution is 7.91.